The second-order valence-corrected chi connectivity index (χ2v) is 8.14. The largest absolute Gasteiger partial charge is 0.378 e. The zero-order chi connectivity index (χ0) is 14.7. The molecule has 3 nitrogen and oxygen atoms in total. The molecular weight excluding hydrogens is 264 g/mol. The van der Waals surface area contributed by atoms with Gasteiger partial charge in [0.15, 0.2) is 6.29 Å². The number of hydrogen-bond acceptors (Lipinski definition) is 3. The van der Waals surface area contributed by atoms with Gasteiger partial charge >= 0.3 is 0 Å². The Morgan fingerprint density at radius 2 is 1.67 bits per heavy atom. The van der Waals surface area contributed by atoms with Gasteiger partial charge in [0.05, 0.1) is 18.3 Å². The van der Waals surface area contributed by atoms with Crippen LogP contribution in [0.25, 0.3) is 0 Å². The van der Waals surface area contributed by atoms with Crippen LogP contribution in [0.5, 0.6) is 0 Å². The van der Waals surface area contributed by atoms with Crippen LogP contribution >= 0.6 is 0 Å². The Morgan fingerprint density at radius 3 is 2.38 bits per heavy atom. The highest BCUT2D eigenvalue weighted by Crippen LogP contribution is 2.52. The lowest BCUT2D eigenvalue weighted by atomic mass is 9.61. The van der Waals surface area contributed by atoms with Crippen molar-refractivity contribution < 1.29 is 14.2 Å². The Morgan fingerprint density at radius 1 is 0.905 bits per heavy atom. The summed E-state index contributed by atoms with van der Waals surface area (Å²) in [6.45, 7) is 10.0. The molecule has 2 aliphatic heterocycles. The molecule has 0 N–H and O–H groups in total. The van der Waals surface area contributed by atoms with Crippen LogP contribution < -0.4 is 0 Å². The summed E-state index contributed by atoms with van der Waals surface area (Å²) in [6.07, 6.45) is 5.00. The maximum absolute atomic E-state index is 6.45. The minimum absolute atomic E-state index is 0.0110. The molecule has 10 unspecified atom stereocenters. The van der Waals surface area contributed by atoms with Crippen molar-refractivity contribution in [2.45, 2.75) is 71.6 Å². The van der Waals surface area contributed by atoms with Crippen LogP contribution in [-0.2, 0) is 14.2 Å². The standard InChI is InChI=1S/C18H30O3/c1-9-8-19-12(4)17-15(9)7-16(17)21-18-10(2)13-5-6-14(13)11(3)20-18/h9-18H,5-8H2,1-4H3. The van der Waals surface area contributed by atoms with Crippen molar-refractivity contribution in [3.05, 3.63) is 0 Å². The third-order valence-corrected chi connectivity index (χ3v) is 7.07. The average Bonchev–Trinajstić information content (AvgIpc) is 2.34. The second kappa shape index (κ2) is 5.21. The van der Waals surface area contributed by atoms with E-state index in [4.69, 9.17) is 14.2 Å². The maximum atomic E-state index is 6.45. The first kappa shape index (κ1) is 14.5. The highest BCUT2D eigenvalue weighted by molar-refractivity contribution is 4.99. The van der Waals surface area contributed by atoms with E-state index in [1.54, 1.807) is 0 Å². The molecule has 2 aliphatic carbocycles. The first-order valence-electron chi connectivity index (χ1n) is 8.98. The van der Waals surface area contributed by atoms with E-state index < -0.39 is 0 Å². The van der Waals surface area contributed by atoms with Gasteiger partial charge in [0, 0.05) is 18.4 Å². The Balaban J connectivity index is 1.40. The summed E-state index contributed by atoms with van der Waals surface area (Å²) in [5, 5.41) is 0. The summed E-state index contributed by atoms with van der Waals surface area (Å²) in [5.74, 6) is 4.23. The van der Waals surface area contributed by atoms with Crippen molar-refractivity contribution in [2.75, 3.05) is 6.61 Å². The number of rotatable bonds is 2. The summed E-state index contributed by atoms with van der Waals surface area (Å²) >= 11 is 0. The summed E-state index contributed by atoms with van der Waals surface area (Å²) in [7, 11) is 0. The fourth-order valence-electron chi connectivity index (χ4n) is 5.36. The molecule has 4 fully saturated rings. The third kappa shape index (κ3) is 2.19. The zero-order valence-corrected chi connectivity index (χ0v) is 13.8. The lowest BCUT2D eigenvalue weighted by Gasteiger charge is -2.56. The fourth-order valence-corrected chi connectivity index (χ4v) is 5.36. The van der Waals surface area contributed by atoms with Crippen molar-refractivity contribution in [1.29, 1.82) is 0 Å². The molecule has 2 saturated heterocycles. The van der Waals surface area contributed by atoms with E-state index >= 15 is 0 Å². The molecule has 0 aromatic carbocycles. The molecule has 0 spiro atoms. The molecular formula is C18H30O3. The van der Waals surface area contributed by atoms with Crippen LogP contribution in [-0.4, -0.2) is 31.2 Å². The van der Waals surface area contributed by atoms with Crippen LogP contribution in [0, 0.1) is 35.5 Å². The van der Waals surface area contributed by atoms with Crippen LogP contribution in [0.1, 0.15) is 47.0 Å². The van der Waals surface area contributed by atoms with Crippen molar-refractivity contribution in [3.63, 3.8) is 0 Å². The number of fused-ring (bicyclic) bond motifs is 2. The van der Waals surface area contributed by atoms with Crippen LogP contribution in [0.3, 0.4) is 0 Å². The van der Waals surface area contributed by atoms with Gasteiger partial charge in [-0.3, -0.25) is 0 Å². The van der Waals surface area contributed by atoms with Gasteiger partial charge in [-0.2, -0.15) is 0 Å². The SMILES string of the molecule is CC1COC(C)C2C(OC3OC(C)C4CCC4C3C)CC12. The molecule has 2 heterocycles. The molecule has 3 heteroatoms. The Hall–Kier alpha value is -0.120. The van der Waals surface area contributed by atoms with Crippen molar-refractivity contribution in [1.82, 2.24) is 0 Å². The predicted octanol–water partition coefficient (Wildman–Crippen LogP) is 3.47. The minimum atomic E-state index is 0.0110. The van der Waals surface area contributed by atoms with Crippen LogP contribution in [0.2, 0.25) is 0 Å². The van der Waals surface area contributed by atoms with E-state index in [1.165, 1.54) is 19.3 Å². The van der Waals surface area contributed by atoms with E-state index in [0.717, 1.165) is 24.4 Å². The molecule has 0 aromatic rings. The van der Waals surface area contributed by atoms with Gasteiger partial charge in [0.1, 0.15) is 0 Å². The molecule has 10 atom stereocenters. The summed E-state index contributed by atoms with van der Waals surface area (Å²) in [5.41, 5.74) is 0. The van der Waals surface area contributed by atoms with E-state index in [2.05, 4.69) is 27.7 Å². The van der Waals surface area contributed by atoms with E-state index in [0.29, 0.717) is 36.1 Å². The lowest BCUT2D eigenvalue weighted by Crippen LogP contribution is -2.59. The molecule has 21 heavy (non-hydrogen) atoms. The molecule has 4 rings (SSSR count). The summed E-state index contributed by atoms with van der Waals surface area (Å²) in [4.78, 5) is 0. The predicted molar refractivity (Wildman–Crippen MR) is 80.8 cm³/mol. The van der Waals surface area contributed by atoms with Crippen LogP contribution in [0.4, 0.5) is 0 Å². The van der Waals surface area contributed by atoms with Gasteiger partial charge in [-0.05, 0) is 56.8 Å². The van der Waals surface area contributed by atoms with E-state index in [1.807, 2.05) is 0 Å². The molecule has 0 radical (unpaired) electrons. The number of ether oxygens (including phenoxy) is 3. The van der Waals surface area contributed by atoms with Gasteiger partial charge in [-0.15, -0.1) is 0 Å². The zero-order valence-electron chi connectivity index (χ0n) is 13.8. The maximum Gasteiger partial charge on any atom is 0.161 e. The number of hydrogen-bond donors (Lipinski definition) is 0. The minimum Gasteiger partial charge on any atom is -0.378 e. The monoisotopic (exact) mass is 294 g/mol. The Kier molecular flexibility index (Phi) is 3.59. The molecule has 0 aromatic heterocycles. The Bertz CT molecular complexity index is 398. The molecule has 4 aliphatic rings. The first-order chi connectivity index (χ1) is 10.1. The van der Waals surface area contributed by atoms with Crippen molar-refractivity contribution >= 4 is 0 Å². The normalized spacial score (nSPS) is 59.4. The first-order valence-corrected chi connectivity index (χ1v) is 8.98. The lowest BCUT2D eigenvalue weighted by molar-refractivity contribution is -0.314. The average molecular weight is 294 g/mol. The molecule has 0 amide bonds. The van der Waals surface area contributed by atoms with E-state index in [9.17, 15) is 0 Å². The van der Waals surface area contributed by atoms with Crippen molar-refractivity contribution in [3.8, 4) is 0 Å². The summed E-state index contributed by atoms with van der Waals surface area (Å²) < 4.78 is 18.6. The molecule has 120 valence electrons. The fraction of sp³-hybridized carbons (Fsp3) is 1.00. The smallest absolute Gasteiger partial charge is 0.161 e. The van der Waals surface area contributed by atoms with Gasteiger partial charge in [-0.1, -0.05) is 13.8 Å². The summed E-state index contributed by atoms with van der Waals surface area (Å²) in [6, 6.07) is 0. The highest BCUT2D eigenvalue weighted by atomic mass is 16.7. The molecule has 2 saturated carbocycles. The van der Waals surface area contributed by atoms with Gasteiger partial charge in [0.25, 0.3) is 0 Å². The second-order valence-electron chi connectivity index (χ2n) is 8.14. The van der Waals surface area contributed by atoms with Gasteiger partial charge in [0.2, 0.25) is 0 Å². The third-order valence-electron chi connectivity index (χ3n) is 7.07. The quantitative estimate of drug-likeness (QED) is 0.780. The topological polar surface area (TPSA) is 27.7 Å². The Labute approximate surface area is 128 Å². The van der Waals surface area contributed by atoms with Gasteiger partial charge in [-0.25, -0.2) is 0 Å². The van der Waals surface area contributed by atoms with Crippen molar-refractivity contribution in [2.24, 2.45) is 35.5 Å². The molecule has 0 bridgehead atoms. The highest BCUT2D eigenvalue weighted by Gasteiger charge is 2.53. The van der Waals surface area contributed by atoms with E-state index in [-0.39, 0.29) is 6.29 Å². The van der Waals surface area contributed by atoms with Crippen LogP contribution in [0.15, 0.2) is 0 Å². The van der Waals surface area contributed by atoms with Gasteiger partial charge < -0.3 is 14.2 Å².